The van der Waals surface area contributed by atoms with E-state index in [2.05, 4.69) is 67.6 Å². The Balaban J connectivity index is 1.41. The van der Waals surface area contributed by atoms with Crippen LogP contribution in [-0.2, 0) is 31.7 Å². The van der Waals surface area contributed by atoms with Crippen LogP contribution < -0.4 is 34.1 Å². The number of hydrogen-bond donors (Lipinski definition) is 0. The van der Waals surface area contributed by atoms with Crippen molar-refractivity contribution < 1.29 is 47.2 Å². The molecule has 7 rings (SSSR count). The number of rotatable bonds is 16. The maximum Gasteiger partial charge on any atom is 0.415 e. The first-order chi connectivity index (χ1) is 32.4. The van der Waals surface area contributed by atoms with Crippen LogP contribution in [0.4, 0.5) is 4.79 Å². The lowest BCUT2D eigenvalue weighted by Gasteiger charge is -2.46. The van der Waals surface area contributed by atoms with Crippen LogP contribution in [0, 0.1) is 17.4 Å². The molecule has 5 aromatic rings. The van der Waals surface area contributed by atoms with Gasteiger partial charge in [0, 0.05) is 36.6 Å². The molecule has 68 heavy (non-hydrogen) atoms. The fourth-order valence-corrected chi connectivity index (χ4v) is 14.5. The van der Waals surface area contributed by atoms with Crippen molar-refractivity contribution in [3.8, 4) is 28.7 Å². The third kappa shape index (κ3) is 10.4. The molecule has 0 bridgehead atoms. The molecule has 0 radical (unpaired) electrons. The molecule has 360 valence electrons. The molecule has 0 aromatic heterocycles. The molecular formula is C54H63IN2O10Si. The number of aryl methyl sites for hydroxylation is 1. The van der Waals surface area contributed by atoms with E-state index in [0.717, 1.165) is 36.2 Å². The standard InChI is InChI=1S/C54H63IN2O10Si/c1-35-27-39(46(55)50(47(35)61-11)62-31-38-21-15-12-16-22-38)28-43-51(58)57(36(2)30-56(43)52(59)67-53(4,5)6)44(42-29-45(63-33-60-10)37(3)48-49(42)65-34-64-48)32-66-68(54(7,8)9,40-23-17-13-18-24-40)41-25-19-14-20-26-41/h12-27,29-30,43-44H,28,31-34H2,1-11H3/t43-,44-/m0/s1. The van der Waals surface area contributed by atoms with Crippen LogP contribution in [0.25, 0.3) is 0 Å². The fourth-order valence-electron chi connectivity index (χ4n) is 9.16. The van der Waals surface area contributed by atoms with Crippen molar-refractivity contribution in [1.29, 1.82) is 0 Å². The van der Waals surface area contributed by atoms with E-state index in [1.165, 1.54) is 4.90 Å². The molecule has 0 N–H and O–H groups in total. The molecule has 0 fully saturated rings. The van der Waals surface area contributed by atoms with Gasteiger partial charge in [-0.15, -0.1) is 0 Å². The maximum atomic E-state index is 16.0. The molecule has 0 spiro atoms. The second-order valence-electron chi connectivity index (χ2n) is 19.1. The van der Waals surface area contributed by atoms with Crippen LogP contribution in [0.15, 0.2) is 115 Å². The number of carbonyl (C=O) groups excluding carboxylic acids is 2. The fraction of sp³-hybridized carbons (Fsp3) is 0.370. The van der Waals surface area contributed by atoms with E-state index in [0.29, 0.717) is 46.6 Å². The average Bonchev–Trinajstić information content (AvgIpc) is 3.81. The largest absolute Gasteiger partial charge is 0.493 e. The first-order valence-corrected chi connectivity index (χ1v) is 25.7. The van der Waals surface area contributed by atoms with Gasteiger partial charge in [0.2, 0.25) is 6.79 Å². The predicted molar refractivity (Wildman–Crippen MR) is 274 cm³/mol. The zero-order valence-electron chi connectivity index (χ0n) is 40.9. The lowest BCUT2D eigenvalue weighted by atomic mass is 9.95. The lowest BCUT2D eigenvalue weighted by Crippen LogP contribution is -2.67. The lowest BCUT2D eigenvalue weighted by molar-refractivity contribution is -0.138. The van der Waals surface area contributed by atoms with Gasteiger partial charge in [-0.2, -0.15) is 0 Å². The second kappa shape index (κ2) is 21.0. The topological polar surface area (TPSA) is 114 Å². The van der Waals surface area contributed by atoms with Crippen molar-refractivity contribution in [2.75, 3.05) is 34.4 Å². The molecule has 2 aliphatic heterocycles. The van der Waals surface area contributed by atoms with Gasteiger partial charge < -0.3 is 42.5 Å². The summed E-state index contributed by atoms with van der Waals surface area (Å²) in [5.74, 6) is 2.29. The smallest absolute Gasteiger partial charge is 0.415 e. The summed E-state index contributed by atoms with van der Waals surface area (Å²) < 4.78 is 50.9. The molecule has 5 aromatic carbocycles. The van der Waals surface area contributed by atoms with E-state index in [-0.39, 0.29) is 32.5 Å². The van der Waals surface area contributed by atoms with Crippen LogP contribution in [0.2, 0.25) is 5.04 Å². The average molecular weight is 1060 g/mol. The summed E-state index contributed by atoms with van der Waals surface area (Å²) in [6, 6.07) is 32.6. The van der Waals surface area contributed by atoms with Crippen LogP contribution in [0.5, 0.6) is 28.7 Å². The second-order valence-corrected chi connectivity index (χ2v) is 24.5. The monoisotopic (exact) mass is 1050 g/mol. The zero-order valence-corrected chi connectivity index (χ0v) is 44.1. The third-order valence-corrected chi connectivity index (χ3v) is 18.4. The SMILES string of the molecule is COCOc1cc([C@H](CO[Si](c2ccccc2)(c2ccccc2)C(C)(C)C)N2C(=O)[C@H](Cc3cc(C)c(OC)c(OCc4ccccc4)c3I)N(C(=O)OC(C)(C)C)C=C2C)c2c(c1C)OCO2. The summed E-state index contributed by atoms with van der Waals surface area (Å²) in [7, 11) is -0.0371. The summed E-state index contributed by atoms with van der Waals surface area (Å²) >= 11 is 2.26. The number of allylic oxidation sites excluding steroid dienone is 1. The third-order valence-electron chi connectivity index (χ3n) is 12.2. The number of methoxy groups -OCH3 is 2. The molecule has 0 aliphatic carbocycles. The number of carbonyl (C=O) groups is 2. The minimum atomic E-state index is -3.21. The molecule has 2 aliphatic rings. The summed E-state index contributed by atoms with van der Waals surface area (Å²) in [5, 5.41) is 1.77. The molecule has 2 heterocycles. The van der Waals surface area contributed by atoms with E-state index >= 15 is 4.79 Å². The van der Waals surface area contributed by atoms with E-state index in [9.17, 15) is 4.79 Å². The van der Waals surface area contributed by atoms with E-state index in [1.807, 2.05) is 120 Å². The first-order valence-electron chi connectivity index (χ1n) is 22.8. The quantitative estimate of drug-likeness (QED) is 0.0538. The van der Waals surface area contributed by atoms with Crippen molar-refractivity contribution in [3.05, 3.63) is 146 Å². The van der Waals surface area contributed by atoms with Crippen molar-refractivity contribution in [2.24, 2.45) is 0 Å². The molecule has 0 saturated heterocycles. The summed E-state index contributed by atoms with van der Waals surface area (Å²) in [6.45, 7) is 18.0. The summed E-state index contributed by atoms with van der Waals surface area (Å²) in [6.07, 6.45) is 1.17. The van der Waals surface area contributed by atoms with Gasteiger partial charge in [0.25, 0.3) is 14.2 Å². The Morgan fingerprint density at radius 2 is 1.43 bits per heavy atom. The molecule has 0 unspecified atom stereocenters. The number of benzene rings is 5. The van der Waals surface area contributed by atoms with E-state index < -0.39 is 37.1 Å². The Bertz CT molecular complexity index is 2580. The Morgan fingerprint density at radius 3 is 2.00 bits per heavy atom. The van der Waals surface area contributed by atoms with Gasteiger partial charge in [0.05, 0.1) is 23.3 Å². The summed E-state index contributed by atoms with van der Waals surface area (Å²) in [4.78, 5) is 33.6. The highest BCUT2D eigenvalue weighted by Gasteiger charge is 2.52. The molecule has 12 nitrogen and oxygen atoms in total. The zero-order chi connectivity index (χ0) is 49.0. The molecular weight excluding hydrogens is 992 g/mol. The van der Waals surface area contributed by atoms with Crippen LogP contribution in [-0.4, -0.2) is 76.2 Å². The van der Waals surface area contributed by atoms with Gasteiger partial charge in [0.1, 0.15) is 24.0 Å². The van der Waals surface area contributed by atoms with Gasteiger partial charge in [-0.1, -0.05) is 118 Å². The van der Waals surface area contributed by atoms with Gasteiger partial charge in [-0.25, -0.2) is 4.79 Å². The number of hydrogen-bond acceptors (Lipinski definition) is 10. The van der Waals surface area contributed by atoms with Crippen molar-refractivity contribution in [1.82, 2.24) is 9.80 Å². The number of fused-ring (bicyclic) bond motifs is 1. The highest BCUT2D eigenvalue weighted by atomic mass is 127. The minimum Gasteiger partial charge on any atom is -0.493 e. The maximum absolute atomic E-state index is 16.0. The molecule has 2 atom stereocenters. The Kier molecular flexibility index (Phi) is 15.5. The van der Waals surface area contributed by atoms with Crippen molar-refractivity contribution in [2.45, 2.75) is 98.1 Å². The van der Waals surface area contributed by atoms with Crippen molar-refractivity contribution >= 4 is 53.3 Å². The normalized spacial score (nSPS) is 15.5. The molecule has 0 saturated carbocycles. The first kappa shape index (κ1) is 50.3. The number of halogens is 1. The van der Waals surface area contributed by atoms with Gasteiger partial charge in [-0.3, -0.25) is 9.69 Å². The van der Waals surface area contributed by atoms with Gasteiger partial charge in [0.15, 0.2) is 29.8 Å². The predicted octanol–water partition coefficient (Wildman–Crippen LogP) is 10.4. The highest BCUT2D eigenvalue weighted by Crippen LogP contribution is 2.49. The van der Waals surface area contributed by atoms with E-state index in [1.54, 1.807) is 25.3 Å². The number of nitrogens with zero attached hydrogens (tertiary/aromatic N) is 2. The van der Waals surface area contributed by atoms with Crippen LogP contribution in [0.1, 0.15) is 82.3 Å². The molecule has 14 heteroatoms. The number of ether oxygens (including phenoxy) is 7. The Hall–Kier alpha value is -5.55. The minimum absolute atomic E-state index is 0.0192. The van der Waals surface area contributed by atoms with Gasteiger partial charge >= 0.3 is 6.09 Å². The van der Waals surface area contributed by atoms with Crippen molar-refractivity contribution in [3.63, 3.8) is 0 Å². The van der Waals surface area contributed by atoms with Crippen LogP contribution >= 0.6 is 22.6 Å². The molecule has 2 amide bonds. The van der Waals surface area contributed by atoms with Gasteiger partial charge in [-0.05, 0) is 102 Å². The Morgan fingerprint density at radius 1 is 0.824 bits per heavy atom. The Labute approximate surface area is 415 Å². The van der Waals surface area contributed by atoms with E-state index in [4.69, 9.17) is 37.6 Å². The number of amides is 2. The summed E-state index contributed by atoms with van der Waals surface area (Å²) in [5.41, 5.74) is 3.58. The van der Waals surface area contributed by atoms with Crippen LogP contribution in [0.3, 0.4) is 0 Å². The highest BCUT2D eigenvalue weighted by molar-refractivity contribution is 14.1.